The van der Waals surface area contributed by atoms with Crippen LogP contribution >= 0.6 is 11.6 Å². The van der Waals surface area contributed by atoms with Crippen LogP contribution < -0.4 is 9.47 Å². The summed E-state index contributed by atoms with van der Waals surface area (Å²) in [4.78, 5) is 13.7. The average molecular weight is 458 g/mol. The van der Waals surface area contributed by atoms with Crippen LogP contribution in [0.2, 0.25) is 5.02 Å². The molecule has 1 fully saturated rings. The van der Waals surface area contributed by atoms with Crippen LogP contribution in [0.3, 0.4) is 0 Å². The summed E-state index contributed by atoms with van der Waals surface area (Å²) in [7, 11) is 1.55. The molecule has 0 aliphatic carbocycles. The molecule has 0 radical (unpaired) electrons. The normalized spacial score (nSPS) is 20.8. The van der Waals surface area contributed by atoms with Crippen molar-refractivity contribution in [2.75, 3.05) is 53.2 Å². The molecule has 0 unspecified atom stereocenters. The quantitative estimate of drug-likeness (QED) is 0.458. The molecule has 0 aromatic heterocycles. The first-order chi connectivity index (χ1) is 14.9. The fourth-order valence-electron chi connectivity index (χ4n) is 4.06. The van der Waals surface area contributed by atoms with E-state index in [1.54, 1.807) is 13.2 Å². The number of likely N-dealkylation sites (tertiary alicyclic amines) is 1. The summed E-state index contributed by atoms with van der Waals surface area (Å²) >= 11 is 6.05. The Morgan fingerprint density at radius 1 is 1.39 bits per heavy atom. The first-order valence-electron chi connectivity index (χ1n) is 11.0. The number of aliphatic hydroxyl groups is 2. The lowest BCUT2D eigenvalue weighted by Crippen LogP contribution is -2.44. The van der Waals surface area contributed by atoms with Gasteiger partial charge in [-0.05, 0) is 44.7 Å². The van der Waals surface area contributed by atoms with Crippen LogP contribution in [0.1, 0.15) is 49.0 Å². The summed E-state index contributed by atoms with van der Waals surface area (Å²) in [5, 5.41) is 18.8. The number of carbonyl (C=O) groups is 1. The summed E-state index contributed by atoms with van der Waals surface area (Å²) in [6.07, 6.45) is 3.71. The van der Waals surface area contributed by atoms with Crippen LogP contribution in [-0.4, -0.2) is 80.2 Å². The number of hydrogen-bond acceptors (Lipinski definition) is 7. The fraction of sp³-hybridized carbons (Fsp3) is 0.696. The predicted octanol–water partition coefficient (Wildman–Crippen LogP) is 2.96. The smallest absolute Gasteiger partial charge is 0.179 e. The minimum atomic E-state index is -0.179. The zero-order chi connectivity index (χ0) is 22.8. The summed E-state index contributed by atoms with van der Waals surface area (Å²) in [6.45, 7) is 8.12. The number of hydrogen-bond donors (Lipinski definition) is 2. The highest BCUT2D eigenvalue weighted by Gasteiger charge is 2.26. The Balaban J connectivity index is 0.000000221. The van der Waals surface area contributed by atoms with Gasteiger partial charge in [0.15, 0.2) is 17.3 Å². The van der Waals surface area contributed by atoms with Crippen molar-refractivity contribution in [3.8, 4) is 11.5 Å². The molecule has 2 heterocycles. The van der Waals surface area contributed by atoms with Crippen LogP contribution in [0, 0.1) is 5.92 Å². The molecule has 0 amide bonds. The van der Waals surface area contributed by atoms with Crippen LogP contribution in [0.15, 0.2) is 6.07 Å². The zero-order valence-corrected chi connectivity index (χ0v) is 19.6. The van der Waals surface area contributed by atoms with E-state index in [0.717, 1.165) is 50.9 Å². The van der Waals surface area contributed by atoms with Crippen molar-refractivity contribution in [1.29, 1.82) is 0 Å². The molecule has 0 spiro atoms. The number of benzene rings is 1. The number of Topliss-reactive ketones (excluding diaryl/α,β-unsaturated/α-hetero) is 1. The first-order valence-corrected chi connectivity index (χ1v) is 11.4. The van der Waals surface area contributed by atoms with E-state index in [1.165, 1.54) is 6.92 Å². The third kappa shape index (κ3) is 7.32. The summed E-state index contributed by atoms with van der Waals surface area (Å²) in [5.41, 5.74) is 1.56. The van der Waals surface area contributed by atoms with Crippen LogP contribution in [-0.2, 0) is 11.2 Å². The standard InChI is InChI=1S/C12H13ClO3.C11H23NO3/c1-7(14)9-6-10(13)12(15-2)11-8(9)4-3-5-16-11;1-2-10-3-4-12(9-11(10)14)5-7-15-8-6-13/h6H,3-5H2,1-2H3;10-11,13-14H,2-9H2,1H3/t;10-,11-/m.1/s1. The Kier molecular flexibility index (Phi) is 11.0. The Hall–Kier alpha value is -1.38. The maximum absolute atomic E-state index is 11.5. The Bertz CT molecular complexity index is 714. The molecule has 2 aliphatic heterocycles. The number of piperidine rings is 1. The van der Waals surface area contributed by atoms with E-state index in [1.807, 2.05) is 0 Å². The third-order valence-corrected chi connectivity index (χ3v) is 6.09. The number of β-amino-alcohol motifs (C(OH)–C–C–N with tert-alkyl or cyclic N) is 1. The number of nitrogens with zero attached hydrogens (tertiary/aromatic N) is 1. The van der Waals surface area contributed by atoms with Crippen molar-refractivity contribution in [3.05, 3.63) is 22.2 Å². The number of carbonyl (C=O) groups excluding carboxylic acids is 1. The van der Waals surface area contributed by atoms with E-state index in [9.17, 15) is 9.90 Å². The molecule has 31 heavy (non-hydrogen) atoms. The van der Waals surface area contributed by atoms with E-state index in [4.69, 9.17) is 30.9 Å². The zero-order valence-electron chi connectivity index (χ0n) is 18.9. The molecule has 176 valence electrons. The van der Waals surface area contributed by atoms with Crippen molar-refractivity contribution < 1.29 is 29.2 Å². The van der Waals surface area contributed by atoms with Gasteiger partial charge in [-0.3, -0.25) is 9.69 Å². The molecule has 0 bridgehead atoms. The Morgan fingerprint density at radius 3 is 2.77 bits per heavy atom. The average Bonchev–Trinajstić information content (AvgIpc) is 2.76. The molecule has 8 heteroatoms. The Morgan fingerprint density at radius 2 is 2.16 bits per heavy atom. The van der Waals surface area contributed by atoms with E-state index in [0.29, 0.717) is 47.8 Å². The second kappa shape index (κ2) is 13.2. The van der Waals surface area contributed by atoms with Gasteiger partial charge < -0.3 is 24.4 Å². The lowest BCUT2D eigenvalue weighted by atomic mass is 9.92. The van der Waals surface area contributed by atoms with Crippen LogP contribution in [0.5, 0.6) is 11.5 Å². The lowest BCUT2D eigenvalue weighted by Gasteiger charge is -2.35. The number of ketones is 1. The number of ether oxygens (including phenoxy) is 3. The molecule has 2 N–H and O–H groups in total. The van der Waals surface area contributed by atoms with Crippen molar-refractivity contribution in [1.82, 2.24) is 4.90 Å². The molecular formula is C23H36ClNO6. The van der Waals surface area contributed by atoms with E-state index >= 15 is 0 Å². The maximum atomic E-state index is 11.5. The molecule has 1 aromatic rings. The number of methoxy groups -OCH3 is 1. The van der Waals surface area contributed by atoms with Crippen molar-refractivity contribution in [2.24, 2.45) is 5.92 Å². The molecule has 3 rings (SSSR count). The van der Waals surface area contributed by atoms with Crippen LogP contribution in [0.4, 0.5) is 0 Å². The maximum Gasteiger partial charge on any atom is 0.179 e. The van der Waals surface area contributed by atoms with Gasteiger partial charge in [-0.2, -0.15) is 0 Å². The second-order valence-corrected chi connectivity index (χ2v) is 8.32. The number of aliphatic hydroxyl groups excluding tert-OH is 2. The SMILES string of the molecule is CC[C@@H]1CCN(CCOCCO)C[C@H]1O.COc1c(Cl)cc(C(C)=O)c2c1OCCC2. The van der Waals surface area contributed by atoms with Gasteiger partial charge in [0.25, 0.3) is 0 Å². The second-order valence-electron chi connectivity index (χ2n) is 7.92. The van der Waals surface area contributed by atoms with Crippen molar-refractivity contribution >= 4 is 17.4 Å². The molecule has 0 saturated carbocycles. The monoisotopic (exact) mass is 457 g/mol. The van der Waals surface area contributed by atoms with Crippen molar-refractivity contribution in [3.63, 3.8) is 0 Å². The molecule has 7 nitrogen and oxygen atoms in total. The van der Waals surface area contributed by atoms with Gasteiger partial charge >= 0.3 is 0 Å². The number of rotatable bonds is 8. The van der Waals surface area contributed by atoms with Gasteiger partial charge in [-0.1, -0.05) is 24.9 Å². The number of halogens is 1. The van der Waals surface area contributed by atoms with E-state index < -0.39 is 0 Å². The third-order valence-electron chi connectivity index (χ3n) is 5.81. The van der Waals surface area contributed by atoms with E-state index in [-0.39, 0.29) is 18.5 Å². The molecule has 1 aromatic carbocycles. The topological polar surface area (TPSA) is 88.5 Å². The van der Waals surface area contributed by atoms with E-state index in [2.05, 4.69) is 11.8 Å². The van der Waals surface area contributed by atoms with Crippen molar-refractivity contribution in [2.45, 2.75) is 45.6 Å². The largest absolute Gasteiger partial charge is 0.491 e. The molecule has 2 atom stereocenters. The highest BCUT2D eigenvalue weighted by molar-refractivity contribution is 6.32. The van der Waals surface area contributed by atoms with Gasteiger partial charge in [0.2, 0.25) is 0 Å². The lowest BCUT2D eigenvalue weighted by molar-refractivity contribution is 0.00410. The fourth-order valence-corrected chi connectivity index (χ4v) is 4.33. The van der Waals surface area contributed by atoms with Gasteiger partial charge in [0, 0.05) is 24.2 Å². The van der Waals surface area contributed by atoms with Gasteiger partial charge in [-0.15, -0.1) is 0 Å². The van der Waals surface area contributed by atoms with Crippen LogP contribution in [0.25, 0.3) is 0 Å². The predicted molar refractivity (Wildman–Crippen MR) is 121 cm³/mol. The molecule has 1 saturated heterocycles. The first kappa shape index (κ1) is 25.9. The molecular weight excluding hydrogens is 422 g/mol. The van der Waals surface area contributed by atoms with Gasteiger partial charge in [-0.25, -0.2) is 0 Å². The van der Waals surface area contributed by atoms with Gasteiger partial charge in [0.1, 0.15) is 0 Å². The minimum absolute atomic E-state index is 0.00584. The Labute approximate surface area is 190 Å². The summed E-state index contributed by atoms with van der Waals surface area (Å²) < 4.78 is 16.0. The molecule has 2 aliphatic rings. The summed E-state index contributed by atoms with van der Waals surface area (Å²) in [6, 6.07) is 1.66. The number of fused-ring (bicyclic) bond motifs is 1. The van der Waals surface area contributed by atoms with Gasteiger partial charge in [0.05, 0.1) is 44.7 Å². The highest BCUT2D eigenvalue weighted by Crippen LogP contribution is 2.42. The summed E-state index contributed by atoms with van der Waals surface area (Å²) in [5.74, 6) is 1.64. The highest BCUT2D eigenvalue weighted by atomic mass is 35.5. The minimum Gasteiger partial charge on any atom is -0.491 e.